The van der Waals surface area contributed by atoms with Crippen LogP contribution in [0.25, 0.3) is 17.0 Å². The Morgan fingerprint density at radius 2 is 1.86 bits per heavy atom. The number of aromatic nitrogens is 1. The Kier molecular flexibility index (Phi) is 6.91. The molecule has 2 rings (SSSR count). The lowest BCUT2D eigenvalue weighted by Crippen LogP contribution is -2.40. The molecule has 152 valence electrons. The lowest BCUT2D eigenvalue weighted by molar-refractivity contribution is -0.148. The highest BCUT2D eigenvalue weighted by atomic mass is 32.2. The van der Waals surface area contributed by atoms with Crippen molar-refractivity contribution >= 4 is 34.3 Å². The Morgan fingerprint density at radius 3 is 2.46 bits per heavy atom. The second-order valence-electron chi connectivity index (χ2n) is 8.46. The molecule has 0 saturated carbocycles. The predicted octanol–water partition coefficient (Wildman–Crippen LogP) is 4.56. The van der Waals surface area contributed by atoms with Gasteiger partial charge in [-0.2, -0.15) is 0 Å². The highest BCUT2D eigenvalue weighted by Gasteiger charge is 2.28. The number of pyridine rings is 1. The zero-order valence-corrected chi connectivity index (χ0v) is 18.5. The lowest BCUT2D eigenvalue weighted by Gasteiger charge is -2.26. The number of methoxy groups -OCH3 is 1. The highest BCUT2D eigenvalue weighted by Crippen LogP contribution is 2.24. The number of hydrogen-bond acceptors (Lipinski definition) is 5. The molecule has 1 aromatic carbocycles. The third kappa shape index (κ3) is 5.56. The Hall–Kier alpha value is -1.89. The average Bonchev–Trinajstić information content (AvgIpc) is 2.64. The van der Waals surface area contributed by atoms with Crippen LogP contribution in [0.5, 0.6) is 0 Å². The summed E-state index contributed by atoms with van der Waals surface area (Å²) in [5.41, 5.74) is 1.94. The first-order chi connectivity index (χ1) is 12.9. The van der Waals surface area contributed by atoms with E-state index in [0.29, 0.717) is 0 Å². The molecule has 0 amide bonds. The van der Waals surface area contributed by atoms with Crippen LogP contribution < -0.4 is 4.72 Å². The molecule has 0 bridgehead atoms. The topological polar surface area (TPSA) is 74.3 Å². The standard InChI is InChI=1S/C22H30N2O3S/c1-15(24-28(26)21(2,3)4)18-11-10-17-9-8-16(14-19(17)23-18)12-13-22(5,6)20(25)27-7/h8-15,24H,1-7H3/b13-12+/t15-,28-/m1/s1. The molecule has 6 heteroatoms. The fraction of sp³-hybridized carbons (Fsp3) is 0.455. The van der Waals surface area contributed by atoms with Gasteiger partial charge in [-0.05, 0) is 59.2 Å². The normalized spacial score (nSPS) is 15.0. The van der Waals surface area contributed by atoms with Crippen molar-refractivity contribution in [3.63, 3.8) is 0 Å². The molecule has 0 unspecified atom stereocenters. The molecule has 2 atom stereocenters. The first-order valence-electron chi connectivity index (χ1n) is 9.30. The molecule has 0 saturated heterocycles. The molecular weight excluding hydrogens is 372 g/mol. The van der Waals surface area contributed by atoms with E-state index in [1.54, 1.807) is 0 Å². The molecular formula is C22H30N2O3S. The van der Waals surface area contributed by atoms with Crippen molar-refractivity contribution in [3.8, 4) is 0 Å². The number of rotatable bonds is 6. The fourth-order valence-corrected chi connectivity index (χ4v) is 3.32. The number of fused-ring (bicyclic) bond motifs is 1. The van der Waals surface area contributed by atoms with Crippen LogP contribution in [0.4, 0.5) is 0 Å². The van der Waals surface area contributed by atoms with Gasteiger partial charge in [-0.15, -0.1) is 4.72 Å². The number of nitrogens with one attached hydrogen (secondary N) is 1. The first kappa shape index (κ1) is 22.4. The van der Waals surface area contributed by atoms with Crippen LogP contribution in [0.3, 0.4) is 0 Å². The van der Waals surface area contributed by atoms with Crippen molar-refractivity contribution in [2.75, 3.05) is 7.11 Å². The van der Waals surface area contributed by atoms with Gasteiger partial charge in [-0.1, -0.05) is 30.4 Å². The summed E-state index contributed by atoms with van der Waals surface area (Å²) in [6, 6.07) is 9.81. The summed E-state index contributed by atoms with van der Waals surface area (Å²) in [5, 5.41) is 1.03. The summed E-state index contributed by atoms with van der Waals surface area (Å²) in [6.07, 6.45) is 3.74. The van der Waals surface area contributed by atoms with E-state index in [9.17, 15) is 9.35 Å². The van der Waals surface area contributed by atoms with E-state index in [0.717, 1.165) is 22.2 Å². The minimum absolute atomic E-state index is 0.137. The van der Waals surface area contributed by atoms with Gasteiger partial charge in [0.25, 0.3) is 0 Å². The van der Waals surface area contributed by atoms with Gasteiger partial charge in [-0.3, -0.25) is 9.78 Å². The summed E-state index contributed by atoms with van der Waals surface area (Å²) in [5.74, 6) is -0.281. The number of nitrogens with zero attached hydrogens (tertiary/aromatic N) is 1. The SMILES string of the molecule is COC(=O)C(C)(C)/C=C/c1ccc2ccc([C@@H](C)N[S@+]([O-])C(C)(C)C)nc2c1. The van der Waals surface area contributed by atoms with Crippen molar-refractivity contribution in [1.29, 1.82) is 0 Å². The summed E-state index contributed by atoms with van der Waals surface area (Å²) < 4.78 is 20.0. The molecule has 0 aliphatic heterocycles. The van der Waals surface area contributed by atoms with Crippen LogP contribution in [0.2, 0.25) is 0 Å². The van der Waals surface area contributed by atoms with Crippen LogP contribution in [-0.4, -0.2) is 27.4 Å². The van der Waals surface area contributed by atoms with E-state index in [1.807, 2.05) is 84.0 Å². The lowest BCUT2D eigenvalue weighted by atomic mass is 9.92. The highest BCUT2D eigenvalue weighted by molar-refractivity contribution is 7.90. The number of esters is 1. The van der Waals surface area contributed by atoms with Crippen molar-refractivity contribution in [3.05, 3.63) is 47.7 Å². The van der Waals surface area contributed by atoms with Gasteiger partial charge in [-0.25, -0.2) is 0 Å². The maximum Gasteiger partial charge on any atom is 0.315 e. The Morgan fingerprint density at radius 1 is 1.21 bits per heavy atom. The second-order valence-corrected chi connectivity index (χ2v) is 10.5. The molecule has 0 radical (unpaired) electrons. The van der Waals surface area contributed by atoms with Crippen molar-refractivity contribution in [1.82, 2.24) is 9.71 Å². The smallest absolute Gasteiger partial charge is 0.315 e. The van der Waals surface area contributed by atoms with E-state index < -0.39 is 16.8 Å². The van der Waals surface area contributed by atoms with Crippen LogP contribution in [0.1, 0.15) is 58.8 Å². The molecule has 5 nitrogen and oxygen atoms in total. The quantitative estimate of drug-likeness (QED) is 0.566. The monoisotopic (exact) mass is 402 g/mol. The van der Waals surface area contributed by atoms with Crippen molar-refractivity contribution in [2.24, 2.45) is 5.41 Å². The van der Waals surface area contributed by atoms with E-state index in [1.165, 1.54) is 7.11 Å². The summed E-state index contributed by atoms with van der Waals surface area (Å²) in [4.78, 5) is 16.6. The minimum atomic E-state index is -1.17. The summed E-state index contributed by atoms with van der Waals surface area (Å²) >= 11 is -1.17. The summed E-state index contributed by atoms with van der Waals surface area (Å²) in [6.45, 7) is 11.4. The van der Waals surface area contributed by atoms with Gasteiger partial charge in [0.05, 0.1) is 29.8 Å². The molecule has 1 heterocycles. The second kappa shape index (κ2) is 8.64. The molecule has 0 fully saturated rings. The largest absolute Gasteiger partial charge is 0.598 e. The Labute approximate surface area is 170 Å². The van der Waals surface area contributed by atoms with Gasteiger partial charge in [0.15, 0.2) is 0 Å². The third-order valence-electron chi connectivity index (χ3n) is 4.43. The van der Waals surface area contributed by atoms with Gasteiger partial charge in [0.1, 0.15) is 4.75 Å². The molecule has 0 aliphatic carbocycles. The van der Waals surface area contributed by atoms with E-state index in [-0.39, 0.29) is 16.8 Å². The molecule has 2 aromatic rings. The molecule has 1 N–H and O–H groups in total. The predicted molar refractivity (Wildman–Crippen MR) is 116 cm³/mol. The van der Waals surface area contributed by atoms with Gasteiger partial charge in [0, 0.05) is 16.7 Å². The maximum atomic E-state index is 12.4. The van der Waals surface area contributed by atoms with Crippen LogP contribution in [0.15, 0.2) is 36.4 Å². The van der Waals surface area contributed by atoms with E-state index in [2.05, 4.69) is 4.72 Å². The Balaban J connectivity index is 2.27. The fourth-order valence-electron chi connectivity index (χ4n) is 2.53. The van der Waals surface area contributed by atoms with Crippen LogP contribution in [0, 0.1) is 5.41 Å². The van der Waals surface area contributed by atoms with Crippen molar-refractivity contribution < 1.29 is 14.1 Å². The number of ether oxygens (including phenoxy) is 1. The van der Waals surface area contributed by atoms with Crippen molar-refractivity contribution in [2.45, 2.75) is 52.3 Å². The molecule has 0 aliphatic rings. The molecule has 0 spiro atoms. The molecule has 1 aromatic heterocycles. The maximum absolute atomic E-state index is 12.4. The van der Waals surface area contributed by atoms with Gasteiger partial charge >= 0.3 is 5.97 Å². The minimum Gasteiger partial charge on any atom is -0.598 e. The number of benzene rings is 1. The zero-order valence-electron chi connectivity index (χ0n) is 17.7. The van der Waals surface area contributed by atoms with E-state index in [4.69, 9.17) is 9.72 Å². The zero-order chi connectivity index (χ0) is 21.1. The number of carbonyl (C=O) groups excluding carboxylic acids is 1. The van der Waals surface area contributed by atoms with Gasteiger partial charge in [0.2, 0.25) is 0 Å². The third-order valence-corrected chi connectivity index (χ3v) is 6.11. The van der Waals surface area contributed by atoms with Crippen LogP contribution >= 0.6 is 0 Å². The Bertz CT molecular complexity index is 872. The number of carbonyl (C=O) groups is 1. The average molecular weight is 403 g/mol. The first-order valence-corrected chi connectivity index (χ1v) is 10.5. The number of hydrogen-bond donors (Lipinski definition) is 1. The summed E-state index contributed by atoms with van der Waals surface area (Å²) in [7, 11) is 1.39. The van der Waals surface area contributed by atoms with E-state index >= 15 is 0 Å². The van der Waals surface area contributed by atoms with Gasteiger partial charge < -0.3 is 9.29 Å². The van der Waals surface area contributed by atoms with Crippen LogP contribution in [-0.2, 0) is 20.9 Å². The molecule has 28 heavy (non-hydrogen) atoms.